The minimum atomic E-state index is -4.45. The third kappa shape index (κ3) is 8.37. The zero-order chi connectivity index (χ0) is 41.0. The third-order valence-corrected chi connectivity index (χ3v) is 9.68. The van der Waals surface area contributed by atoms with E-state index in [1.807, 2.05) is 0 Å². The first kappa shape index (κ1) is 41.0. The van der Waals surface area contributed by atoms with Gasteiger partial charge in [0.05, 0.1) is 54.3 Å². The van der Waals surface area contributed by atoms with E-state index in [0.717, 1.165) is 24.3 Å². The lowest BCUT2D eigenvalue weighted by Crippen LogP contribution is -2.22. The van der Waals surface area contributed by atoms with Gasteiger partial charge in [-0.3, -0.25) is 0 Å². The number of hydrogen-bond acceptors (Lipinski definition) is 10. The molecular formula is C35H26O18S. The van der Waals surface area contributed by atoms with Gasteiger partial charge in [-0.25, -0.2) is 46.8 Å². The molecule has 0 aliphatic rings. The van der Waals surface area contributed by atoms with Crippen molar-refractivity contribution in [2.45, 2.75) is 29.1 Å². The zero-order valence-electron chi connectivity index (χ0n) is 27.5. The second-order valence-electron chi connectivity index (χ2n) is 11.5. The van der Waals surface area contributed by atoms with E-state index in [9.17, 15) is 57.0 Å². The Bertz CT molecular complexity index is 2250. The predicted octanol–water partition coefficient (Wildman–Crippen LogP) is 4.12. The van der Waals surface area contributed by atoms with Gasteiger partial charge in [-0.15, -0.1) is 0 Å². The average molecular weight is 767 g/mol. The minimum Gasteiger partial charge on any atom is -0.478 e. The molecule has 0 amide bonds. The molecule has 280 valence electrons. The highest BCUT2D eigenvalue weighted by Crippen LogP contribution is 2.34. The molecule has 0 aliphatic carbocycles. The van der Waals surface area contributed by atoms with Crippen molar-refractivity contribution >= 4 is 57.6 Å². The number of carboxylic acid groups (broad SMARTS) is 8. The van der Waals surface area contributed by atoms with Crippen molar-refractivity contribution in [2.75, 3.05) is 0 Å². The molecule has 0 spiro atoms. The van der Waals surface area contributed by atoms with Crippen molar-refractivity contribution in [3.63, 3.8) is 0 Å². The first-order chi connectivity index (χ1) is 24.9. The van der Waals surface area contributed by atoms with E-state index >= 15 is 0 Å². The second kappa shape index (κ2) is 15.5. The molecule has 0 atom stereocenters. The molecule has 0 saturated heterocycles. The second-order valence-corrected chi connectivity index (χ2v) is 13.5. The Balaban J connectivity index is 0.000000290. The maximum atomic E-state index is 12.7. The van der Waals surface area contributed by atoms with E-state index in [-0.39, 0.29) is 11.1 Å². The molecule has 19 heteroatoms. The van der Waals surface area contributed by atoms with Gasteiger partial charge >= 0.3 is 47.8 Å². The Kier molecular flexibility index (Phi) is 11.7. The fourth-order valence-corrected chi connectivity index (χ4v) is 6.32. The van der Waals surface area contributed by atoms with Gasteiger partial charge in [-0.05, 0) is 71.8 Å². The Morgan fingerprint density at radius 2 is 0.593 bits per heavy atom. The Hall–Kier alpha value is -7.41. The van der Waals surface area contributed by atoms with Gasteiger partial charge in [0.25, 0.3) is 0 Å². The van der Waals surface area contributed by atoms with E-state index in [2.05, 4.69) is 0 Å². The molecule has 0 aromatic heterocycles. The summed E-state index contributed by atoms with van der Waals surface area (Å²) in [6.07, 6.45) is 0. The molecule has 0 aliphatic heterocycles. The van der Waals surface area contributed by atoms with Gasteiger partial charge in [-0.1, -0.05) is 26.0 Å². The summed E-state index contributed by atoms with van der Waals surface area (Å²) < 4.78 is 25.3. The summed E-state index contributed by atoms with van der Waals surface area (Å²) >= 11 is 0. The van der Waals surface area contributed by atoms with Crippen LogP contribution in [0, 0.1) is 0 Å². The van der Waals surface area contributed by atoms with Crippen LogP contribution in [0.15, 0.2) is 82.6 Å². The maximum absolute atomic E-state index is 12.7. The van der Waals surface area contributed by atoms with E-state index < -0.39 is 106 Å². The van der Waals surface area contributed by atoms with Crippen LogP contribution in [0.1, 0.15) is 108 Å². The molecule has 54 heavy (non-hydrogen) atoms. The zero-order valence-corrected chi connectivity index (χ0v) is 28.3. The van der Waals surface area contributed by atoms with Crippen LogP contribution in [0.25, 0.3) is 0 Å². The third-order valence-electron chi connectivity index (χ3n) is 7.93. The fourth-order valence-electron chi connectivity index (χ4n) is 5.00. The Labute approximate surface area is 302 Å². The molecule has 0 saturated carbocycles. The number of carbonyl (C=O) groups is 8. The van der Waals surface area contributed by atoms with Crippen LogP contribution in [0.5, 0.6) is 0 Å². The number of aromatic carboxylic acids is 8. The van der Waals surface area contributed by atoms with Gasteiger partial charge in [0, 0.05) is 5.41 Å². The number of rotatable bonds is 12. The topological polar surface area (TPSA) is 333 Å². The van der Waals surface area contributed by atoms with E-state index in [4.69, 9.17) is 30.6 Å². The van der Waals surface area contributed by atoms with Crippen LogP contribution in [0.3, 0.4) is 0 Å². The van der Waals surface area contributed by atoms with Crippen molar-refractivity contribution in [3.05, 3.63) is 128 Å². The van der Waals surface area contributed by atoms with Crippen molar-refractivity contribution in [2.24, 2.45) is 0 Å². The summed E-state index contributed by atoms with van der Waals surface area (Å²) in [7, 11) is -4.45. The van der Waals surface area contributed by atoms with Crippen LogP contribution in [0.4, 0.5) is 0 Å². The summed E-state index contributed by atoms with van der Waals surface area (Å²) in [6.45, 7) is 3.38. The summed E-state index contributed by atoms with van der Waals surface area (Å²) in [5.74, 6) is -12.1. The number of sulfone groups is 1. The first-order valence-corrected chi connectivity index (χ1v) is 16.1. The van der Waals surface area contributed by atoms with Crippen molar-refractivity contribution in [3.8, 4) is 0 Å². The molecule has 0 heterocycles. The summed E-state index contributed by atoms with van der Waals surface area (Å²) in [5.41, 5.74) is -4.38. The lowest BCUT2D eigenvalue weighted by Gasteiger charge is -2.27. The molecular weight excluding hydrogens is 740 g/mol. The fraction of sp³-hybridized carbons (Fsp3) is 0.0857. The lowest BCUT2D eigenvalue weighted by molar-refractivity contribution is 0.0651. The first-order valence-electron chi connectivity index (χ1n) is 14.6. The molecule has 4 rings (SSSR count). The van der Waals surface area contributed by atoms with Gasteiger partial charge in [0.15, 0.2) is 0 Å². The number of benzene rings is 4. The molecule has 0 bridgehead atoms. The Morgan fingerprint density at radius 3 is 0.833 bits per heavy atom. The standard InChI is InChI=1S/C19H16O8.C16H10O10S/c1-19(2,9-3-5-11(15(20)21)13(7-9)17(24)25)10-4-6-12(16(22)23)14(8-10)18(26)27;17-13(18)9-3-1-7(5-11(9)15(21)22)27(25,26)8-2-4-10(14(19)20)12(6-8)16(23)24/h3-8H,1-2H3,(H,20,21)(H,22,23)(H,24,25)(H,26,27);1-6H,(H,17,18)(H,19,20)(H,21,22)(H,23,24). The van der Waals surface area contributed by atoms with Gasteiger partial charge < -0.3 is 40.9 Å². The normalized spacial score (nSPS) is 11.0. The monoisotopic (exact) mass is 766 g/mol. The summed E-state index contributed by atoms with van der Waals surface area (Å²) in [6, 6.07) is 12.2. The number of hydrogen-bond donors (Lipinski definition) is 8. The minimum absolute atomic E-state index is 0.366. The van der Waals surface area contributed by atoms with Crippen molar-refractivity contribution in [1.29, 1.82) is 0 Å². The van der Waals surface area contributed by atoms with Crippen LogP contribution in [-0.2, 0) is 15.3 Å². The highest BCUT2D eigenvalue weighted by atomic mass is 32.2. The van der Waals surface area contributed by atoms with Crippen LogP contribution >= 0.6 is 0 Å². The van der Waals surface area contributed by atoms with E-state index in [0.29, 0.717) is 23.3 Å². The Morgan fingerprint density at radius 1 is 0.370 bits per heavy atom. The molecule has 0 radical (unpaired) electrons. The van der Waals surface area contributed by atoms with E-state index in [1.54, 1.807) is 13.8 Å². The summed E-state index contributed by atoms with van der Waals surface area (Å²) in [5, 5.41) is 72.9. The van der Waals surface area contributed by atoms with E-state index in [1.165, 1.54) is 36.4 Å². The molecule has 0 fully saturated rings. The predicted molar refractivity (Wildman–Crippen MR) is 179 cm³/mol. The average Bonchev–Trinajstić information content (AvgIpc) is 3.10. The molecule has 0 unspecified atom stereocenters. The molecule has 18 nitrogen and oxygen atoms in total. The van der Waals surface area contributed by atoms with Crippen LogP contribution in [0.2, 0.25) is 0 Å². The van der Waals surface area contributed by atoms with Gasteiger partial charge in [-0.2, -0.15) is 0 Å². The van der Waals surface area contributed by atoms with Crippen LogP contribution in [-0.4, -0.2) is 97.0 Å². The van der Waals surface area contributed by atoms with Crippen molar-refractivity contribution in [1.82, 2.24) is 0 Å². The summed E-state index contributed by atoms with van der Waals surface area (Å²) in [4.78, 5) is 88.5. The lowest BCUT2D eigenvalue weighted by atomic mass is 9.76. The largest absolute Gasteiger partial charge is 0.478 e. The van der Waals surface area contributed by atoms with Gasteiger partial charge in [0.1, 0.15) is 0 Å². The van der Waals surface area contributed by atoms with Crippen LogP contribution < -0.4 is 0 Å². The molecule has 4 aromatic rings. The van der Waals surface area contributed by atoms with Gasteiger partial charge in [0.2, 0.25) is 9.84 Å². The highest BCUT2D eigenvalue weighted by molar-refractivity contribution is 7.91. The maximum Gasteiger partial charge on any atom is 0.336 e. The molecule has 4 aromatic carbocycles. The number of carboxylic acids is 8. The SMILES string of the molecule is CC(C)(c1ccc(C(=O)O)c(C(=O)O)c1)c1ccc(C(=O)O)c(C(=O)O)c1.O=C(O)c1ccc(S(=O)(=O)c2ccc(C(=O)O)c(C(=O)O)c2)cc1C(=O)O. The highest BCUT2D eigenvalue weighted by Gasteiger charge is 2.29. The molecule has 8 N–H and O–H groups in total. The quantitative estimate of drug-likeness (QED) is 0.100. The van der Waals surface area contributed by atoms with Crippen molar-refractivity contribution < 1.29 is 87.6 Å². The smallest absolute Gasteiger partial charge is 0.336 e.